The topological polar surface area (TPSA) is 221 Å². The largest absolute Gasteiger partial charge is 0.379 e. The summed E-state index contributed by atoms with van der Waals surface area (Å²) >= 11 is 0. The number of hydrogen-bond acceptors (Lipinski definition) is 16. The zero-order valence-corrected chi connectivity index (χ0v) is 43.3. The van der Waals surface area contributed by atoms with E-state index in [1.54, 1.807) is 0 Å². The lowest BCUT2D eigenvalue weighted by atomic mass is 10.3. The van der Waals surface area contributed by atoms with Gasteiger partial charge in [-0.05, 0) is 161 Å². The summed E-state index contributed by atoms with van der Waals surface area (Å²) in [4.78, 5) is 13.5. The molecule has 0 radical (unpaired) electrons. The van der Waals surface area contributed by atoms with Gasteiger partial charge in [-0.25, -0.2) is 0 Å². The fourth-order valence-electron chi connectivity index (χ4n) is 4.31. The molecule has 0 atom stereocenters. The van der Waals surface area contributed by atoms with Gasteiger partial charge in [0.1, 0.15) is 0 Å². The molecular weight excluding hydrogens is 755 g/mol. The maximum Gasteiger partial charge on any atom is 0.0594 e. The van der Waals surface area contributed by atoms with E-state index in [0.29, 0.717) is 0 Å². The molecule has 0 saturated carbocycles. The minimum Gasteiger partial charge on any atom is -0.379 e. The number of unbranched alkanes of at least 4 members (excludes halogenated alkanes) is 3. The third-order valence-electron chi connectivity index (χ3n) is 8.23. The van der Waals surface area contributed by atoms with Crippen LogP contribution in [0.15, 0.2) is 0 Å². The van der Waals surface area contributed by atoms with E-state index in [2.05, 4.69) is 108 Å². The molecular formula is C44H117N15O. The Bertz CT molecular complexity index is 610. The molecule has 2 fully saturated rings. The van der Waals surface area contributed by atoms with Gasteiger partial charge in [0.25, 0.3) is 0 Å². The quantitative estimate of drug-likeness (QED) is 0.0727. The van der Waals surface area contributed by atoms with Crippen LogP contribution in [0.5, 0.6) is 0 Å². The molecule has 0 aromatic rings. The van der Waals surface area contributed by atoms with Crippen LogP contribution in [0.2, 0.25) is 0 Å². The third kappa shape index (κ3) is 96.9. The Hall–Kier alpha value is -0.640. The van der Waals surface area contributed by atoms with Crippen LogP contribution in [0.3, 0.4) is 0 Å². The van der Waals surface area contributed by atoms with Crippen molar-refractivity contribution in [2.75, 3.05) is 215 Å². The maximum absolute atomic E-state index is 5.44. The standard InChI is InChI=1S/C7H17N3.C6H14N2O.C6H16N2.C5H14N2.C5H13N.C4H12N2.2C4H11N.C3H9N/c1-9-4-6-10(3-2-8)7-5-9;7-1-2-8-3-5-9-6-4-8;1-8(2)6-4-3-5-7;1-7(2)5-3-4-6;1-3-4-5-6-2;1-6(2)4-3-5;1-3-4-5-2;1-2-3-4-5;1-3-4-2/h2-8H2,1H3;1-7H2;3-7H2,1-2H3;3-6H2,1-2H3;6H,3-5H2,1-2H3;3-5H2,1-2H3;5H,3-4H2,1-2H3;2-5H2,1H3;4H,3H2,1-2H3. The highest BCUT2D eigenvalue weighted by Crippen LogP contribution is 1.97. The smallest absolute Gasteiger partial charge is 0.0594 e. The van der Waals surface area contributed by atoms with Gasteiger partial charge in [0.05, 0.1) is 13.2 Å². The van der Waals surface area contributed by atoms with Crippen molar-refractivity contribution in [2.45, 2.75) is 79.1 Å². The number of likely N-dealkylation sites (N-methyl/N-ethyl adjacent to an activating group) is 2. The van der Waals surface area contributed by atoms with Crippen molar-refractivity contribution >= 4 is 0 Å². The average Bonchev–Trinajstić information content (AvgIpc) is 3.23. The van der Waals surface area contributed by atoms with E-state index in [1.807, 2.05) is 35.2 Å². The van der Waals surface area contributed by atoms with Gasteiger partial charge in [-0.3, -0.25) is 9.80 Å². The van der Waals surface area contributed by atoms with E-state index >= 15 is 0 Å². The van der Waals surface area contributed by atoms with E-state index in [-0.39, 0.29) is 0 Å². The predicted molar refractivity (Wildman–Crippen MR) is 273 cm³/mol. The molecule has 0 amide bonds. The molecule has 60 heavy (non-hydrogen) atoms. The van der Waals surface area contributed by atoms with Gasteiger partial charge in [0.2, 0.25) is 0 Å². The molecule has 0 bridgehead atoms. The number of nitrogens with zero attached hydrogens (tertiary/aromatic N) is 6. The second-order valence-corrected chi connectivity index (χ2v) is 15.4. The summed E-state index contributed by atoms with van der Waals surface area (Å²) in [6.07, 6.45) is 9.69. The van der Waals surface area contributed by atoms with E-state index in [0.717, 1.165) is 131 Å². The molecule has 0 aliphatic carbocycles. The summed E-state index contributed by atoms with van der Waals surface area (Å²) in [6.45, 7) is 30.7. The third-order valence-corrected chi connectivity index (χ3v) is 8.23. The van der Waals surface area contributed by atoms with Crippen LogP contribution in [-0.4, -0.2) is 244 Å². The van der Waals surface area contributed by atoms with E-state index < -0.39 is 0 Å². The van der Waals surface area contributed by atoms with E-state index in [4.69, 9.17) is 39.1 Å². The van der Waals surface area contributed by atoms with Gasteiger partial charge in [-0.15, -0.1) is 0 Å². The predicted octanol–water partition coefficient (Wildman–Crippen LogP) is 0.753. The van der Waals surface area contributed by atoms with Gasteiger partial charge in [0, 0.05) is 78.5 Å². The molecule has 0 aromatic heterocycles. The molecule has 15 N–H and O–H groups in total. The van der Waals surface area contributed by atoms with Crippen molar-refractivity contribution in [2.24, 2.45) is 34.4 Å². The monoisotopic (exact) mass is 872 g/mol. The number of morpholine rings is 1. The Morgan fingerprint density at radius 3 is 1.10 bits per heavy atom. The SMILES string of the molecule is CCCCN.CCCCNC.CCCNC.CCNC.CN(C)CCCCN.CN(C)CCCN.CN(C)CCN.CN1CCN(CCN)CC1.NCCN1CCOCC1. The second kappa shape index (κ2) is 72.8. The Balaban J connectivity index is -0.000000107. The number of nitrogens with one attached hydrogen (secondary N) is 3. The van der Waals surface area contributed by atoms with Crippen LogP contribution >= 0.6 is 0 Å². The molecule has 0 aromatic carbocycles. The molecule has 2 saturated heterocycles. The Kier molecular flexibility index (Phi) is 89.5. The van der Waals surface area contributed by atoms with Crippen molar-refractivity contribution in [3.8, 4) is 0 Å². The summed E-state index contributed by atoms with van der Waals surface area (Å²) in [7, 11) is 20.3. The van der Waals surface area contributed by atoms with E-state index in [9.17, 15) is 0 Å². The average molecular weight is 873 g/mol. The first-order chi connectivity index (χ1) is 28.7. The van der Waals surface area contributed by atoms with Gasteiger partial charge >= 0.3 is 0 Å². The first-order valence-electron chi connectivity index (χ1n) is 23.5. The van der Waals surface area contributed by atoms with Crippen molar-refractivity contribution in [1.29, 1.82) is 0 Å². The number of piperazine rings is 1. The van der Waals surface area contributed by atoms with E-state index in [1.165, 1.54) is 64.7 Å². The maximum atomic E-state index is 5.44. The van der Waals surface area contributed by atoms with Crippen molar-refractivity contribution in [3.63, 3.8) is 0 Å². The van der Waals surface area contributed by atoms with Gasteiger partial charge in [-0.1, -0.05) is 40.5 Å². The molecule has 2 aliphatic heterocycles. The Morgan fingerprint density at radius 2 is 0.867 bits per heavy atom. The number of rotatable bonds is 21. The fourth-order valence-corrected chi connectivity index (χ4v) is 4.31. The Morgan fingerprint density at radius 1 is 0.450 bits per heavy atom. The minimum atomic E-state index is 0.757. The van der Waals surface area contributed by atoms with Gasteiger partial charge in [-0.2, -0.15) is 0 Å². The van der Waals surface area contributed by atoms with Crippen molar-refractivity contribution < 1.29 is 4.74 Å². The minimum absolute atomic E-state index is 0.757. The molecule has 16 nitrogen and oxygen atoms in total. The highest BCUT2D eigenvalue weighted by Gasteiger charge is 2.11. The molecule has 0 spiro atoms. The highest BCUT2D eigenvalue weighted by molar-refractivity contribution is 4.68. The van der Waals surface area contributed by atoms with Crippen LogP contribution in [0.1, 0.15) is 79.1 Å². The second-order valence-electron chi connectivity index (χ2n) is 15.4. The molecule has 374 valence electrons. The normalized spacial score (nSPS) is 13.7. The summed E-state index contributed by atoms with van der Waals surface area (Å²) in [5.41, 5.74) is 31.7. The van der Waals surface area contributed by atoms with Crippen LogP contribution in [-0.2, 0) is 4.74 Å². The zero-order valence-electron chi connectivity index (χ0n) is 43.3. The number of hydrogen-bond donors (Lipinski definition) is 9. The van der Waals surface area contributed by atoms with Crippen molar-refractivity contribution in [3.05, 3.63) is 0 Å². The summed E-state index contributed by atoms with van der Waals surface area (Å²) in [5.74, 6) is 0. The lowest BCUT2D eigenvalue weighted by Crippen LogP contribution is -2.45. The number of ether oxygens (including phenoxy) is 1. The van der Waals surface area contributed by atoms with Gasteiger partial charge < -0.3 is 74.7 Å². The summed E-state index contributed by atoms with van der Waals surface area (Å²) in [5, 5.41) is 9.02. The van der Waals surface area contributed by atoms with Crippen LogP contribution < -0.4 is 50.4 Å². The first kappa shape index (κ1) is 73.7. The van der Waals surface area contributed by atoms with Crippen molar-refractivity contribution in [1.82, 2.24) is 45.3 Å². The summed E-state index contributed by atoms with van der Waals surface area (Å²) < 4.78 is 5.16. The molecule has 0 unspecified atom stereocenters. The molecule has 2 rings (SSSR count). The highest BCUT2D eigenvalue weighted by atomic mass is 16.5. The van der Waals surface area contributed by atoms with Crippen LogP contribution in [0.25, 0.3) is 0 Å². The fraction of sp³-hybridized carbons (Fsp3) is 1.00. The first-order valence-corrected chi connectivity index (χ1v) is 23.5. The zero-order chi connectivity index (χ0) is 47.5. The molecule has 2 aliphatic rings. The van der Waals surface area contributed by atoms with Gasteiger partial charge in [0.15, 0.2) is 0 Å². The lowest BCUT2D eigenvalue weighted by Gasteiger charge is -2.31. The van der Waals surface area contributed by atoms with Crippen LogP contribution in [0.4, 0.5) is 0 Å². The lowest BCUT2D eigenvalue weighted by molar-refractivity contribution is 0.0394. The number of nitrogens with two attached hydrogens (primary N) is 6. The Labute approximate surface area is 377 Å². The van der Waals surface area contributed by atoms with Crippen LogP contribution in [0, 0.1) is 0 Å². The molecule has 2 heterocycles. The summed E-state index contributed by atoms with van der Waals surface area (Å²) in [6, 6.07) is 0. The molecule has 16 heteroatoms.